The Morgan fingerprint density at radius 1 is 1.03 bits per heavy atom. The summed E-state index contributed by atoms with van der Waals surface area (Å²) in [5.41, 5.74) is 1.93. The minimum Gasteiger partial charge on any atom is -0.384 e. The van der Waals surface area contributed by atoms with Gasteiger partial charge in [0.05, 0.1) is 5.69 Å². The monoisotopic (exact) mass is 459 g/mol. The van der Waals surface area contributed by atoms with Crippen LogP contribution in [0.4, 0.5) is 23.1 Å². The van der Waals surface area contributed by atoms with Crippen LogP contribution in [0.25, 0.3) is 5.82 Å². The molecule has 0 spiro atoms. The Kier molecular flexibility index (Phi) is 6.19. The average molecular weight is 460 g/mol. The summed E-state index contributed by atoms with van der Waals surface area (Å²) in [7, 11) is 1.77. The first-order chi connectivity index (χ1) is 16.2. The quantitative estimate of drug-likeness (QED) is 0.328. The average Bonchev–Trinajstić information content (AvgIpc) is 3.29. The summed E-state index contributed by atoms with van der Waals surface area (Å²) in [6, 6.07) is 10.4. The normalized spacial score (nSPS) is 11.2. The van der Waals surface area contributed by atoms with E-state index in [9.17, 15) is 9.90 Å². The van der Waals surface area contributed by atoms with E-state index in [0.717, 1.165) is 11.3 Å². The first-order valence-corrected chi connectivity index (χ1v) is 10.5. The molecule has 3 aromatic heterocycles. The number of amides is 1. The standard InChI is InChI=1S/C23H25N9O2/c1-14-5-6-16(30-21(33)15-7-8-25-18(9-15)23(2,3)34)10-17(14)31-22-28-13-29-32(22)20-11-19(24-4)26-12-27-20/h5-13,34H,1-4H3,(H,30,33)(H,24,26,27)(H,28,29,31). The van der Waals surface area contributed by atoms with E-state index >= 15 is 0 Å². The maximum Gasteiger partial charge on any atom is 0.255 e. The minimum atomic E-state index is -1.15. The van der Waals surface area contributed by atoms with Crippen molar-refractivity contribution in [1.82, 2.24) is 29.7 Å². The van der Waals surface area contributed by atoms with E-state index in [0.29, 0.717) is 34.5 Å². The number of carbonyl (C=O) groups is 1. The van der Waals surface area contributed by atoms with Crippen molar-refractivity contribution in [3.8, 4) is 5.82 Å². The van der Waals surface area contributed by atoms with E-state index in [1.807, 2.05) is 25.1 Å². The number of aliphatic hydroxyl groups is 1. The lowest BCUT2D eigenvalue weighted by molar-refractivity contribution is 0.0737. The number of pyridine rings is 1. The van der Waals surface area contributed by atoms with Crippen molar-refractivity contribution in [3.63, 3.8) is 0 Å². The zero-order valence-electron chi connectivity index (χ0n) is 19.2. The van der Waals surface area contributed by atoms with Crippen LogP contribution in [0.15, 0.2) is 55.2 Å². The maximum atomic E-state index is 12.8. The molecule has 1 amide bonds. The summed E-state index contributed by atoms with van der Waals surface area (Å²) < 4.78 is 1.56. The summed E-state index contributed by atoms with van der Waals surface area (Å²) >= 11 is 0. The summed E-state index contributed by atoms with van der Waals surface area (Å²) in [5, 5.41) is 23.5. The van der Waals surface area contributed by atoms with Gasteiger partial charge in [-0.3, -0.25) is 9.78 Å². The molecule has 4 rings (SSSR count). The molecule has 0 fully saturated rings. The molecule has 0 bridgehead atoms. The van der Waals surface area contributed by atoms with Gasteiger partial charge < -0.3 is 21.1 Å². The molecule has 4 N–H and O–H groups in total. The van der Waals surface area contributed by atoms with Gasteiger partial charge in [-0.15, -0.1) is 0 Å². The van der Waals surface area contributed by atoms with Gasteiger partial charge in [0.1, 0.15) is 24.1 Å². The Bertz CT molecular complexity index is 1330. The lowest BCUT2D eigenvalue weighted by Gasteiger charge is -2.17. The number of aromatic nitrogens is 6. The molecule has 4 aromatic rings. The van der Waals surface area contributed by atoms with Crippen LogP contribution in [0.2, 0.25) is 0 Å². The number of anilines is 4. The van der Waals surface area contributed by atoms with Gasteiger partial charge in [-0.25, -0.2) is 9.97 Å². The third-order valence-electron chi connectivity index (χ3n) is 5.06. The van der Waals surface area contributed by atoms with Crippen LogP contribution in [-0.2, 0) is 5.60 Å². The van der Waals surface area contributed by atoms with Crippen LogP contribution in [0.5, 0.6) is 0 Å². The second-order valence-electron chi connectivity index (χ2n) is 8.10. The van der Waals surface area contributed by atoms with Crippen molar-refractivity contribution >= 4 is 29.0 Å². The molecule has 0 saturated heterocycles. The van der Waals surface area contributed by atoms with Gasteiger partial charge in [0.2, 0.25) is 5.95 Å². The zero-order valence-corrected chi connectivity index (χ0v) is 19.2. The van der Waals surface area contributed by atoms with Gasteiger partial charge in [-0.05, 0) is 50.6 Å². The third-order valence-corrected chi connectivity index (χ3v) is 5.06. The highest BCUT2D eigenvalue weighted by molar-refractivity contribution is 6.04. The molecule has 11 nitrogen and oxygen atoms in total. The highest BCUT2D eigenvalue weighted by Gasteiger charge is 2.19. The second kappa shape index (κ2) is 9.24. The van der Waals surface area contributed by atoms with Gasteiger partial charge in [-0.1, -0.05) is 6.07 Å². The smallest absolute Gasteiger partial charge is 0.255 e. The Hall–Kier alpha value is -4.38. The van der Waals surface area contributed by atoms with Gasteiger partial charge in [0.25, 0.3) is 5.91 Å². The molecule has 3 heterocycles. The van der Waals surface area contributed by atoms with Crippen LogP contribution in [0, 0.1) is 6.92 Å². The largest absolute Gasteiger partial charge is 0.384 e. The highest BCUT2D eigenvalue weighted by atomic mass is 16.3. The van der Waals surface area contributed by atoms with Gasteiger partial charge >= 0.3 is 0 Å². The number of rotatable bonds is 7. The van der Waals surface area contributed by atoms with E-state index in [-0.39, 0.29) is 5.91 Å². The number of carbonyl (C=O) groups excluding carboxylic acids is 1. The zero-order chi connectivity index (χ0) is 24.3. The van der Waals surface area contributed by atoms with Crippen molar-refractivity contribution in [2.75, 3.05) is 23.0 Å². The molecule has 174 valence electrons. The molecule has 0 atom stereocenters. The molecule has 0 aliphatic carbocycles. The number of hydrogen-bond acceptors (Lipinski definition) is 9. The van der Waals surface area contributed by atoms with Crippen LogP contribution in [0.1, 0.15) is 35.5 Å². The van der Waals surface area contributed by atoms with Crippen LogP contribution in [0.3, 0.4) is 0 Å². The lowest BCUT2D eigenvalue weighted by Crippen LogP contribution is -2.19. The van der Waals surface area contributed by atoms with E-state index in [4.69, 9.17) is 0 Å². The van der Waals surface area contributed by atoms with Crippen LogP contribution >= 0.6 is 0 Å². The maximum absolute atomic E-state index is 12.8. The Morgan fingerprint density at radius 2 is 1.85 bits per heavy atom. The Balaban J connectivity index is 1.56. The molecule has 1 aromatic carbocycles. The van der Waals surface area contributed by atoms with Gasteiger partial charge in [-0.2, -0.15) is 14.8 Å². The fourth-order valence-corrected chi connectivity index (χ4v) is 3.16. The summed E-state index contributed by atoms with van der Waals surface area (Å²) in [6.07, 6.45) is 4.37. The number of nitrogens with zero attached hydrogens (tertiary/aromatic N) is 6. The molecule has 11 heteroatoms. The van der Waals surface area contributed by atoms with E-state index < -0.39 is 5.60 Å². The topological polar surface area (TPSA) is 143 Å². The van der Waals surface area contributed by atoms with Crippen LogP contribution in [-0.4, -0.2) is 47.8 Å². The summed E-state index contributed by atoms with van der Waals surface area (Å²) in [4.78, 5) is 29.6. The van der Waals surface area contributed by atoms with Crippen molar-refractivity contribution in [2.24, 2.45) is 0 Å². The molecule has 0 radical (unpaired) electrons. The number of benzene rings is 1. The molecule has 0 aliphatic rings. The Labute approximate surface area is 196 Å². The van der Waals surface area contributed by atoms with E-state index in [1.54, 1.807) is 43.8 Å². The molecule has 0 unspecified atom stereocenters. The number of hydrogen-bond donors (Lipinski definition) is 4. The molecule has 0 aliphatic heterocycles. The fourth-order valence-electron chi connectivity index (χ4n) is 3.16. The second-order valence-corrected chi connectivity index (χ2v) is 8.10. The number of aryl methyl sites for hydroxylation is 1. The lowest BCUT2D eigenvalue weighted by atomic mass is 10.0. The van der Waals surface area contributed by atoms with Crippen molar-refractivity contribution in [3.05, 3.63) is 72.1 Å². The summed E-state index contributed by atoms with van der Waals surface area (Å²) in [6.45, 7) is 5.18. The molecule has 34 heavy (non-hydrogen) atoms. The highest BCUT2D eigenvalue weighted by Crippen LogP contribution is 2.25. The van der Waals surface area contributed by atoms with Gasteiger partial charge in [0.15, 0.2) is 5.82 Å². The molecule has 0 saturated carbocycles. The van der Waals surface area contributed by atoms with Crippen molar-refractivity contribution < 1.29 is 9.90 Å². The predicted molar refractivity (Wildman–Crippen MR) is 128 cm³/mol. The first-order valence-electron chi connectivity index (χ1n) is 10.5. The first kappa shape index (κ1) is 22.8. The summed E-state index contributed by atoms with van der Waals surface area (Å²) in [5.74, 6) is 1.33. The van der Waals surface area contributed by atoms with E-state index in [2.05, 4.69) is 41.0 Å². The number of nitrogens with one attached hydrogen (secondary N) is 3. The van der Waals surface area contributed by atoms with Crippen molar-refractivity contribution in [2.45, 2.75) is 26.4 Å². The van der Waals surface area contributed by atoms with Gasteiger partial charge in [0, 0.05) is 36.2 Å². The minimum absolute atomic E-state index is 0.313. The molecular formula is C23H25N9O2. The predicted octanol–water partition coefficient (Wildman–Crippen LogP) is 3.03. The third kappa shape index (κ3) is 4.99. The molecular weight excluding hydrogens is 434 g/mol. The fraction of sp³-hybridized carbons (Fsp3) is 0.217. The van der Waals surface area contributed by atoms with E-state index in [1.165, 1.54) is 18.9 Å². The van der Waals surface area contributed by atoms with Crippen molar-refractivity contribution in [1.29, 1.82) is 0 Å². The van der Waals surface area contributed by atoms with Crippen LogP contribution < -0.4 is 16.0 Å². The Morgan fingerprint density at radius 3 is 2.62 bits per heavy atom. The SMILES string of the molecule is CNc1cc(-n2ncnc2Nc2cc(NC(=O)c3ccnc(C(C)(C)O)c3)ccc2C)ncn1.